The van der Waals surface area contributed by atoms with Gasteiger partial charge in [-0.2, -0.15) is 0 Å². The van der Waals surface area contributed by atoms with Gasteiger partial charge in [-0.3, -0.25) is 19.0 Å². The predicted octanol–water partition coefficient (Wildman–Crippen LogP) is 3.03. The molecular weight excluding hydrogens is 388 g/mol. The molecular formula is C18H17ClN4O3S. The number of carbonyl (C=O) groups excluding carboxylic acids is 2. The van der Waals surface area contributed by atoms with Crippen molar-refractivity contribution in [3.8, 4) is 0 Å². The third-order valence-electron chi connectivity index (χ3n) is 4.34. The number of nitrogens with two attached hydrogens (primary N) is 1. The molecule has 0 unspecified atom stereocenters. The van der Waals surface area contributed by atoms with Crippen molar-refractivity contribution in [2.24, 2.45) is 5.73 Å². The highest BCUT2D eigenvalue weighted by Crippen LogP contribution is 2.27. The number of halogens is 1. The van der Waals surface area contributed by atoms with Crippen LogP contribution in [0.5, 0.6) is 0 Å². The maximum Gasteiger partial charge on any atom is 0.263 e. The molecule has 0 aliphatic carbocycles. The van der Waals surface area contributed by atoms with Gasteiger partial charge in [0.15, 0.2) is 0 Å². The number of nitrogens with one attached hydrogen (secondary N) is 1. The van der Waals surface area contributed by atoms with Crippen molar-refractivity contribution >= 4 is 50.7 Å². The monoisotopic (exact) mass is 404 g/mol. The Morgan fingerprint density at radius 3 is 2.67 bits per heavy atom. The van der Waals surface area contributed by atoms with Gasteiger partial charge in [0, 0.05) is 10.7 Å². The van der Waals surface area contributed by atoms with E-state index in [4.69, 9.17) is 17.3 Å². The average Bonchev–Trinajstić information content (AvgIpc) is 2.95. The molecule has 140 valence electrons. The Kier molecular flexibility index (Phi) is 5.03. The average molecular weight is 405 g/mol. The molecule has 1 atom stereocenters. The first kappa shape index (κ1) is 19.1. The summed E-state index contributed by atoms with van der Waals surface area (Å²) in [6.07, 6.45) is 1.30. The Labute approximate surface area is 163 Å². The van der Waals surface area contributed by atoms with Crippen molar-refractivity contribution in [3.63, 3.8) is 0 Å². The maximum absolute atomic E-state index is 12.9. The summed E-state index contributed by atoms with van der Waals surface area (Å²) in [4.78, 5) is 41.9. The van der Waals surface area contributed by atoms with E-state index in [1.807, 2.05) is 6.92 Å². The molecule has 9 heteroatoms. The van der Waals surface area contributed by atoms with Gasteiger partial charge in [0.1, 0.15) is 10.9 Å². The maximum atomic E-state index is 12.9. The van der Waals surface area contributed by atoms with Gasteiger partial charge in [-0.15, -0.1) is 11.3 Å². The summed E-state index contributed by atoms with van der Waals surface area (Å²) in [7, 11) is 0. The predicted molar refractivity (Wildman–Crippen MR) is 107 cm³/mol. The molecule has 2 heterocycles. The van der Waals surface area contributed by atoms with Crippen molar-refractivity contribution in [2.45, 2.75) is 26.8 Å². The van der Waals surface area contributed by atoms with E-state index >= 15 is 0 Å². The quantitative estimate of drug-likeness (QED) is 0.696. The molecule has 0 saturated carbocycles. The number of aromatic nitrogens is 2. The second kappa shape index (κ2) is 7.13. The number of nitrogens with zero attached hydrogens (tertiary/aromatic N) is 2. The van der Waals surface area contributed by atoms with Gasteiger partial charge in [-0.1, -0.05) is 17.7 Å². The van der Waals surface area contributed by atoms with Gasteiger partial charge in [0.25, 0.3) is 11.5 Å². The van der Waals surface area contributed by atoms with Gasteiger partial charge >= 0.3 is 0 Å². The first-order chi connectivity index (χ1) is 12.7. The number of hydrogen-bond acceptors (Lipinski definition) is 5. The van der Waals surface area contributed by atoms with Gasteiger partial charge in [-0.05, 0) is 44.0 Å². The first-order valence-corrected chi connectivity index (χ1v) is 9.27. The Bertz CT molecular complexity index is 1140. The molecule has 0 fully saturated rings. The standard InChI is InChI=1S/C18H17ClN4O3S/c1-8-4-5-11(6-12(8)19)22-16(25)10(3)23-7-21-17-13(18(23)26)9(2)14(27-17)15(20)24/h4-7,10H,1-3H3,(H2,20,24)(H,22,25)/t10-/m1/s1. The number of fused-ring (bicyclic) bond motifs is 1. The SMILES string of the molecule is Cc1ccc(NC(=O)[C@@H](C)n2cnc3sc(C(N)=O)c(C)c3c2=O)cc1Cl. The van der Waals surface area contributed by atoms with Crippen molar-refractivity contribution in [1.82, 2.24) is 9.55 Å². The van der Waals surface area contributed by atoms with Crippen LogP contribution in [0.15, 0.2) is 29.3 Å². The highest BCUT2D eigenvalue weighted by molar-refractivity contribution is 7.20. The first-order valence-electron chi connectivity index (χ1n) is 8.07. The lowest BCUT2D eigenvalue weighted by Crippen LogP contribution is -2.31. The molecule has 0 radical (unpaired) electrons. The Hall–Kier alpha value is -2.71. The molecule has 3 N–H and O–H groups in total. The lowest BCUT2D eigenvalue weighted by atomic mass is 10.2. The smallest absolute Gasteiger partial charge is 0.263 e. The molecule has 0 saturated heterocycles. The fourth-order valence-electron chi connectivity index (χ4n) is 2.69. The van der Waals surface area contributed by atoms with E-state index in [1.165, 1.54) is 10.9 Å². The molecule has 0 aliphatic heterocycles. The van der Waals surface area contributed by atoms with E-state index in [9.17, 15) is 14.4 Å². The van der Waals surface area contributed by atoms with Crippen LogP contribution >= 0.6 is 22.9 Å². The molecule has 1 aromatic carbocycles. The number of rotatable bonds is 4. The highest BCUT2D eigenvalue weighted by Gasteiger charge is 2.22. The number of carbonyl (C=O) groups is 2. The molecule has 7 nitrogen and oxygen atoms in total. The van der Waals surface area contributed by atoms with Crippen LogP contribution in [-0.4, -0.2) is 21.4 Å². The van der Waals surface area contributed by atoms with Crippen LogP contribution in [0, 0.1) is 13.8 Å². The zero-order valence-electron chi connectivity index (χ0n) is 14.9. The van der Waals surface area contributed by atoms with E-state index in [1.54, 1.807) is 32.0 Å². The van der Waals surface area contributed by atoms with Crippen LogP contribution in [0.25, 0.3) is 10.2 Å². The van der Waals surface area contributed by atoms with E-state index in [0.29, 0.717) is 31.4 Å². The minimum Gasteiger partial charge on any atom is -0.365 e. The van der Waals surface area contributed by atoms with Crippen LogP contribution < -0.4 is 16.6 Å². The summed E-state index contributed by atoms with van der Waals surface area (Å²) in [6, 6.07) is 4.36. The normalized spacial score (nSPS) is 12.1. The minimum atomic E-state index is -0.814. The number of hydrogen-bond donors (Lipinski definition) is 2. The second-order valence-electron chi connectivity index (χ2n) is 6.19. The lowest BCUT2D eigenvalue weighted by Gasteiger charge is -2.15. The summed E-state index contributed by atoms with van der Waals surface area (Å²) >= 11 is 7.14. The zero-order valence-corrected chi connectivity index (χ0v) is 16.4. The zero-order chi connectivity index (χ0) is 19.9. The number of amides is 2. The van der Waals surface area contributed by atoms with E-state index in [0.717, 1.165) is 16.9 Å². The number of primary amides is 1. The summed E-state index contributed by atoms with van der Waals surface area (Å²) in [5, 5.41) is 3.58. The molecule has 3 rings (SSSR count). The number of benzene rings is 1. The molecule has 0 aliphatic rings. The van der Waals surface area contributed by atoms with Crippen LogP contribution in [0.4, 0.5) is 5.69 Å². The number of anilines is 1. The van der Waals surface area contributed by atoms with Gasteiger partial charge in [0.2, 0.25) is 5.91 Å². The Balaban J connectivity index is 1.96. The molecule has 0 spiro atoms. The summed E-state index contributed by atoms with van der Waals surface area (Å²) in [5.74, 6) is -0.996. The van der Waals surface area contributed by atoms with Crippen molar-refractivity contribution in [2.75, 3.05) is 5.32 Å². The molecule has 0 bridgehead atoms. The van der Waals surface area contributed by atoms with Crippen LogP contribution in [0.3, 0.4) is 0 Å². The number of thiophene rings is 1. The van der Waals surface area contributed by atoms with E-state index in [2.05, 4.69) is 10.3 Å². The summed E-state index contributed by atoms with van der Waals surface area (Å²) in [5.41, 5.74) is 6.85. The van der Waals surface area contributed by atoms with Gasteiger partial charge in [0.05, 0.1) is 16.6 Å². The molecule has 2 aromatic heterocycles. The Morgan fingerprint density at radius 1 is 1.33 bits per heavy atom. The van der Waals surface area contributed by atoms with E-state index in [-0.39, 0.29) is 5.91 Å². The molecule has 27 heavy (non-hydrogen) atoms. The van der Waals surface area contributed by atoms with Crippen LogP contribution in [0.2, 0.25) is 5.02 Å². The summed E-state index contributed by atoms with van der Waals surface area (Å²) in [6.45, 7) is 5.10. The topological polar surface area (TPSA) is 107 Å². The molecule has 3 aromatic rings. The largest absolute Gasteiger partial charge is 0.365 e. The van der Waals surface area contributed by atoms with Crippen molar-refractivity contribution < 1.29 is 9.59 Å². The van der Waals surface area contributed by atoms with Crippen LogP contribution in [-0.2, 0) is 4.79 Å². The fourth-order valence-corrected chi connectivity index (χ4v) is 3.86. The highest BCUT2D eigenvalue weighted by atomic mass is 35.5. The Morgan fingerprint density at radius 2 is 2.04 bits per heavy atom. The van der Waals surface area contributed by atoms with Crippen molar-refractivity contribution in [3.05, 3.63) is 55.9 Å². The summed E-state index contributed by atoms with van der Waals surface area (Å²) < 4.78 is 1.23. The molecule has 2 amide bonds. The third kappa shape index (κ3) is 3.45. The minimum absolute atomic E-state index is 0.291. The van der Waals surface area contributed by atoms with E-state index < -0.39 is 17.5 Å². The number of aryl methyl sites for hydroxylation is 2. The van der Waals surface area contributed by atoms with Gasteiger partial charge in [-0.25, -0.2) is 4.98 Å². The second-order valence-corrected chi connectivity index (χ2v) is 7.59. The van der Waals surface area contributed by atoms with Crippen molar-refractivity contribution in [1.29, 1.82) is 0 Å². The fraction of sp³-hybridized carbons (Fsp3) is 0.222. The van der Waals surface area contributed by atoms with Gasteiger partial charge < -0.3 is 11.1 Å². The lowest BCUT2D eigenvalue weighted by molar-refractivity contribution is -0.118. The van der Waals surface area contributed by atoms with Crippen LogP contribution in [0.1, 0.15) is 33.8 Å². The third-order valence-corrected chi connectivity index (χ3v) is 5.96.